The van der Waals surface area contributed by atoms with E-state index in [-0.39, 0.29) is 12.3 Å². The number of alkyl halides is 2. The number of amides is 1. The predicted octanol–water partition coefficient (Wildman–Crippen LogP) is 2.13. The van der Waals surface area contributed by atoms with Crippen molar-refractivity contribution in [2.45, 2.75) is 40.0 Å². The van der Waals surface area contributed by atoms with Gasteiger partial charge in [-0.05, 0) is 19.5 Å². The fourth-order valence-corrected chi connectivity index (χ4v) is 1.02. The second kappa shape index (κ2) is 12.4. The van der Waals surface area contributed by atoms with Crippen molar-refractivity contribution in [3.05, 3.63) is 0 Å². The van der Waals surface area contributed by atoms with Crippen molar-refractivity contribution < 1.29 is 13.6 Å². The van der Waals surface area contributed by atoms with E-state index in [0.717, 1.165) is 19.5 Å². The van der Waals surface area contributed by atoms with Crippen molar-refractivity contribution in [2.24, 2.45) is 0 Å². The summed E-state index contributed by atoms with van der Waals surface area (Å²) in [7, 11) is 1.60. The Morgan fingerprint density at radius 2 is 1.81 bits per heavy atom. The lowest BCUT2D eigenvalue weighted by atomic mass is 10.3. The molecule has 98 valence electrons. The van der Waals surface area contributed by atoms with Crippen LogP contribution in [0.5, 0.6) is 0 Å². The average Bonchev–Trinajstić information content (AvgIpc) is 2.24. The molecule has 0 aliphatic heterocycles. The highest BCUT2D eigenvalue weighted by Crippen LogP contribution is 2.01. The van der Waals surface area contributed by atoms with Gasteiger partial charge in [0.25, 0.3) is 0 Å². The van der Waals surface area contributed by atoms with Crippen molar-refractivity contribution in [1.82, 2.24) is 10.2 Å². The fourth-order valence-electron chi connectivity index (χ4n) is 1.02. The van der Waals surface area contributed by atoms with E-state index in [1.165, 1.54) is 6.92 Å². The van der Waals surface area contributed by atoms with Crippen molar-refractivity contribution in [1.29, 1.82) is 0 Å². The zero-order valence-corrected chi connectivity index (χ0v) is 10.7. The van der Waals surface area contributed by atoms with Gasteiger partial charge in [0.2, 0.25) is 12.3 Å². The molecule has 0 bridgehead atoms. The molecule has 0 unspecified atom stereocenters. The van der Waals surface area contributed by atoms with Crippen LogP contribution >= 0.6 is 0 Å². The Kier molecular flexibility index (Phi) is 13.7. The SMILES string of the molecule is CCCN(CC)CCC(F)F.CNC(C)=O. The third-order valence-corrected chi connectivity index (χ3v) is 2.00. The smallest absolute Gasteiger partial charge is 0.239 e. The Bertz CT molecular complexity index is 166. The van der Waals surface area contributed by atoms with Gasteiger partial charge in [0.1, 0.15) is 0 Å². The van der Waals surface area contributed by atoms with Crippen LogP contribution in [0.4, 0.5) is 8.78 Å². The zero-order valence-electron chi connectivity index (χ0n) is 10.7. The molecule has 0 spiro atoms. The maximum absolute atomic E-state index is 11.7. The number of halogens is 2. The second-order valence-corrected chi connectivity index (χ2v) is 3.42. The molecular weight excluding hydrogens is 214 g/mol. The summed E-state index contributed by atoms with van der Waals surface area (Å²) < 4.78 is 23.5. The van der Waals surface area contributed by atoms with Crippen LogP contribution in [0.25, 0.3) is 0 Å². The zero-order chi connectivity index (χ0) is 13.0. The first-order valence-electron chi connectivity index (χ1n) is 5.66. The number of rotatable bonds is 6. The largest absolute Gasteiger partial charge is 0.359 e. The summed E-state index contributed by atoms with van der Waals surface area (Å²) in [6, 6.07) is 0. The average molecular weight is 238 g/mol. The Morgan fingerprint density at radius 1 is 1.31 bits per heavy atom. The van der Waals surface area contributed by atoms with Gasteiger partial charge in [-0.3, -0.25) is 4.79 Å². The quantitative estimate of drug-likeness (QED) is 0.768. The molecule has 0 aromatic carbocycles. The molecular formula is C11H24F2N2O. The standard InChI is InChI=1S/C8H17F2N.C3H7NO/c1-3-6-11(4-2)7-5-8(9)10;1-3(5)4-2/h8H,3-7H2,1-2H3;1-2H3,(H,4,5). The van der Waals surface area contributed by atoms with Crippen molar-refractivity contribution in [3.63, 3.8) is 0 Å². The maximum atomic E-state index is 11.7. The summed E-state index contributed by atoms with van der Waals surface area (Å²) in [6.07, 6.45) is -1.11. The van der Waals surface area contributed by atoms with Crippen LogP contribution < -0.4 is 5.32 Å². The number of carbonyl (C=O) groups is 1. The highest BCUT2D eigenvalue weighted by atomic mass is 19.3. The minimum Gasteiger partial charge on any atom is -0.359 e. The van der Waals surface area contributed by atoms with Crippen molar-refractivity contribution in [2.75, 3.05) is 26.7 Å². The summed E-state index contributed by atoms with van der Waals surface area (Å²) in [4.78, 5) is 11.7. The van der Waals surface area contributed by atoms with E-state index in [4.69, 9.17) is 0 Å². The molecule has 0 radical (unpaired) electrons. The molecule has 0 aromatic rings. The molecule has 0 rings (SSSR count). The Morgan fingerprint density at radius 3 is 2.06 bits per heavy atom. The molecule has 5 heteroatoms. The summed E-state index contributed by atoms with van der Waals surface area (Å²) >= 11 is 0. The van der Waals surface area contributed by atoms with E-state index in [1.54, 1.807) is 7.05 Å². The van der Waals surface area contributed by atoms with E-state index in [9.17, 15) is 13.6 Å². The molecule has 0 atom stereocenters. The van der Waals surface area contributed by atoms with Crippen LogP contribution in [0, 0.1) is 0 Å². The predicted molar refractivity (Wildman–Crippen MR) is 62.8 cm³/mol. The molecule has 0 aliphatic rings. The third-order valence-electron chi connectivity index (χ3n) is 2.00. The number of nitrogens with zero attached hydrogens (tertiary/aromatic N) is 1. The highest BCUT2D eigenvalue weighted by molar-refractivity contribution is 5.72. The fraction of sp³-hybridized carbons (Fsp3) is 0.909. The number of carbonyl (C=O) groups excluding carboxylic acids is 1. The van der Waals surface area contributed by atoms with E-state index < -0.39 is 6.43 Å². The van der Waals surface area contributed by atoms with E-state index in [2.05, 4.69) is 12.2 Å². The third kappa shape index (κ3) is 15.7. The van der Waals surface area contributed by atoms with Gasteiger partial charge in [0.05, 0.1) is 0 Å². The first kappa shape index (κ1) is 17.7. The van der Waals surface area contributed by atoms with Gasteiger partial charge in [-0.15, -0.1) is 0 Å². The topological polar surface area (TPSA) is 32.3 Å². The lowest BCUT2D eigenvalue weighted by molar-refractivity contribution is -0.118. The van der Waals surface area contributed by atoms with Crippen LogP contribution in [0.2, 0.25) is 0 Å². The summed E-state index contributed by atoms with van der Waals surface area (Å²) in [5.41, 5.74) is 0. The van der Waals surface area contributed by atoms with Gasteiger partial charge in [0.15, 0.2) is 0 Å². The molecule has 0 aromatic heterocycles. The molecule has 3 nitrogen and oxygen atoms in total. The number of hydrogen-bond acceptors (Lipinski definition) is 2. The molecule has 0 fully saturated rings. The second-order valence-electron chi connectivity index (χ2n) is 3.42. The summed E-state index contributed by atoms with van der Waals surface area (Å²) in [5.74, 6) is 0.00463. The van der Waals surface area contributed by atoms with E-state index in [0.29, 0.717) is 6.54 Å². The van der Waals surface area contributed by atoms with Crippen molar-refractivity contribution in [3.8, 4) is 0 Å². The molecule has 1 N–H and O–H groups in total. The van der Waals surface area contributed by atoms with Gasteiger partial charge < -0.3 is 10.2 Å². The lowest BCUT2D eigenvalue weighted by Crippen LogP contribution is -2.26. The number of nitrogens with one attached hydrogen (secondary N) is 1. The molecule has 0 saturated carbocycles. The molecule has 0 saturated heterocycles. The lowest BCUT2D eigenvalue weighted by Gasteiger charge is -2.18. The summed E-state index contributed by atoms with van der Waals surface area (Å²) in [6.45, 7) is 7.87. The monoisotopic (exact) mass is 238 g/mol. The minimum atomic E-state index is -2.15. The Labute approximate surface area is 97.2 Å². The van der Waals surface area contributed by atoms with Crippen LogP contribution in [-0.2, 0) is 4.79 Å². The van der Waals surface area contributed by atoms with Crippen molar-refractivity contribution >= 4 is 5.91 Å². The summed E-state index contributed by atoms with van der Waals surface area (Å²) in [5, 5.41) is 2.39. The van der Waals surface area contributed by atoms with Crippen LogP contribution in [-0.4, -0.2) is 43.9 Å². The van der Waals surface area contributed by atoms with Gasteiger partial charge >= 0.3 is 0 Å². The van der Waals surface area contributed by atoms with Gasteiger partial charge in [-0.1, -0.05) is 13.8 Å². The Balaban J connectivity index is 0. The van der Waals surface area contributed by atoms with Crippen LogP contribution in [0.3, 0.4) is 0 Å². The maximum Gasteiger partial charge on any atom is 0.239 e. The first-order chi connectivity index (χ1) is 7.47. The first-order valence-corrected chi connectivity index (χ1v) is 5.66. The van der Waals surface area contributed by atoms with E-state index in [1.807, 2.05) is 11.8 Å². The van der Waals surface area contributed by atoms with Crippen LogP contribution in [0.15, 0.2) is 0 Å². The van der Waals surface area contributed by atoms with Gasteiger partial charge in [-0.25, -0.2) is 8.78 Å². The number of hydrogen-bond donors (Lipinski definition) is 1. The van der Waals surface area contributed by atoms with Gasteiger partial charge in [-0.2, -0.15) is 0 Å². The molecule has 16 heavy (non-hydrogen) atoms. The van der Waals surface area contributed by atoms with Crippen LogP contribution in [0.1, 0.15) is 33.6 Å². The molecule has 0 aliphatic carbocycles. The normalized spacial score (nSPS) is 10.0. The van der Waals surface area contributed by atoms with Gasteiger partial charge in [0, 0.05) is 26.9 Å². The van der Waals surface area contributed by atoms with E-state index >= 15 is 0 Å². The Hall–Kier alpha value is -0.710. The highest BCUT2D eigenvalue weighted by Gasteiger charge is 2.05. The minimum absolute atomic E-state index is 0.00463. The molecule has 1 amide bonds. The molecule has 0 heterocycles.